The third-order valence-corrected chi connectivity index (χ3v) is 3.38. The molecule has 2 rings (SSSR count). The Kier molecular flexibility index (Phi) is 4.56. The molecule has 1 saturated heterocycles. The molecule has 0 aliphatic carbocycles. The maximum absolute atomic E-state index is 11.9. The monoisotopic (exact) mass is 247 g/mol. The summed E-state index contributed by atoms with van der Waals surface area (Å²) in [4.78, 5) is 18.0. The summed E-state index contributed by atoms with van der Waals surface area (Å²) in [5.41, 5.74) is 2.18. The molecule has 18 heavy (non-hydrogen) atoms. The molecule has 0 spiro atoms. The third-order valence-electron chi connectivity index (χ3n) is 3.38. The molecule has 0 atom stereocenters. The zero-order valence-electron chi connectivity index (χ0n) is 11.0. The third kappa shape index (κ3) is 3.45. The second-order valence-electron chi connectivity index (χ2n) is 4.81. The molecule has 0 unspecified atom stereocenters. The molecule has 1 fully saturated rings. The van der Waals surface area contributed by atoms with E-state index >= 15 is 0 Å². The standard InChI is InChI=1S/C14H21N3O/c1-12-11-15-7-5-13(12)16-8-6-14(18)17-9-3-2-4-10-17/h5,7,11H,2-4,6,8-10H2,1H3,(H,15,16). The van der Waals surface area contributed by atoms with Gasteiger partial charge in [-0.05, 0) is 37.8 Å². The van der Waals surface area contributed by atoms with E-state index < -0.39 is 0 Å². The average molecular weight is 247 g/mol. The van der Waals surface area contributed by atoms with Crippen molar-refractivity contribution in [3.63, 3.8) is 0 Å². The number of pyridine rings is 1. The van der Waals surface area contributed by atoms with Crippen LogP contribution in [0.2, 0.25) is 0 Å². The molecule has 98 valence electrons. The number of aryl methyl sites for hydroxylation is 1. The van der Waals surface area contributed by atoms with Crippen molar-refractivity contribution < 1.29 is 4.79 Å². The topological polar surface area (TPSA) is 45.2 Å². The van der Waals surface area contributed by atoms with E-state index in [1.54, 1.807) is 6.20 Å². The highest BCUT2D eigenvalue weighted by molar-refractivity contribution is 5.76. The number of hydrogen-bond acceptors (Lipinski definition) is 3. The van der Waals surface area contributed by atoms with Crippen LogP contribution in [0.5, 0.6) is 0 Å². The number of carbonyl (C=O) groups excluding carboxylic acids is 1. The van der Waals surface area contributed by atoms with Gasteiger partial charge in [-0.15, -0.1) is 0 Å². The van der Waals surface area contributed by atoms with Gasteiger partial charge in [-0.3, -0.25) is 9.78 Å². The molecule has 2 heterocycles. The first-order valence-electron chi connectivity index (χ1n) is 6.69. The highest BCUT2D eigenvalue weighted by Gasteiger charge is 2.15. The Morgan fingerprint density at radius 2 is 2.17 bits per heavy atom. The summed E-state index contributed by atoms with van der Waals surface area (Å²) in [5, 5.41) is 3.30. The molecule has 0 bridgehead atoms. The first kappa shape index (κ1) is 12.9. The summed E-state index contributed by atoms with van der Waals surface area (Å²) >= 11 is 0. The lowest BCUT2D eigenvalue weighted by Gasteiger charge is -2.26. The number of hydrogen-bond donors (Lipinski definition) is 1. The number of nitrogens with one attached hydrogen (secondary N) is 1. The van der Waals surface area contributed by atoms with Crippen LogP contribution in [0.25, 0.3) is 0 Å². The summed E-state index contributed by atoms with van der Waals surface area (Å²) in [6.45, 7) is 4.59. The van der Waals surface area contributed by atoms with Gasteiger partial charge in [0.25, 0.3) is 0 Å². The van der Waals surface area contributed by atoms with Gasteiger partial charge < -0.3 is 10.2 Å². The molecule has 1 aliphatic heterocycles. The predicted octanol–water partition coefficient (Wildman–Crippen LogP) is 2.20. The van der Waals surface area contributed by atoms with E-state index in [0.29, 0.717) is 13.0 Å². The number of piperidine rings is 1. The zero-order valence-corrected chi connectivity index (χ0v) is 11.0. The Morgan fingerprint density at radius 3 is 2.89 bits per heavy atom. The van der Waals surface area contributed by atoms with Gasteiger partial charge in [0, 0.05) is 44.1 Å². The first-order chi connectivity index (χ1) is 8.77. The van der Waals surface area contributed by atoms with Crippen LogP contribution in [0.3, 0.4) is 0 Å². The van der Waals surface area contributed by atoms with Crippen LogP contribution in [-0.4, -0.2) is 35.4 Å². The van der Waals surface area contributed by atoms with Crippen molar-refractivity contribution >= 4 is 11.6 Å². The van der Waals surface area contributed by atoms with E-state index in [2.05, 4.69) is 10.3 Å². The predicted molar refractivity (Wildman–Crippen MR) is 72.5 cm³/mol. The van der Waals surface area contributed by atoms with Crippen LogP contribution in [0, 0.1) is 6.92 Å². The highest BCUT2D eigenvalue weighted by Crippen LogP contribution is 2.12. The van der Waals surface area contributed by atoms with E-state index in [9.17, 15) is 4.79 Å². The molecule has 1 aromatic heterocycles. The minimum Gasteiger partial charge on any atom is -0.384 e. The van der Waals surface area contributed by atoms with Crippen LogP contribution in [0.15, 0.2) is 18.5 Å². The number of anilines is 1. The number of rotatable bonds is 4. The summed E-state index contributed by atoms with van der Waals surface area (Å²) < 4.78 is 0. The van der Waals surface area contributed by atoms with Crippen LogP contribution in [-0.2, 0) is 4.79 Å². The Labute approximate surface area is 108 Å². The molecule has 0 aromatic carbocycles. The van der Waals surface area contributed by atoms with Crippen molar-refractivity contribution in [3.8, 4) is 0 Å². The van der Waals surface area contributed by atoms with E-state index in [1.165, 1.54) is 6.42 Å². The second-order valence-corrected chi connectivity index (χ2v) is 4.81. The summed E-state index contributed by atoms with van der Waals surface area (Å²) in [5.74, 6) is 0.272. The van der Waals surface area contributed by atoms with E-state index in [1.807, 2.05) is 24.1 Å². The smallest absolute Gasteiger partial charge is 0.224 e. The lowest BCUT2D eigenvalue weighted by atomic mass is 10.1. The van der Waals surface area contributed by atoms with Crippen LogP contribution in [0.1, 0.15) is 31.2 Å². The zero-order chi connectivity index (χ0) is 12.8. The Morgan fingerprint density at radius 1 is 1.39 bits per heavy atom. The molecular formula is C14H21N3O. The normalized spacial score (nSPS) is 15.5. The van der Waals surface area contributed by atoms with Gasteiger partial charge in [0.2, 0.25) is 5.91 Å². The van der Waals surface area contributed by atoms with Crippen molar-refractivity contribution in [2.45, 2.75) is 32.6 Å². The van der Waals surface area contributed by atoms with Gasteiger partial charge in [-0.25, -0.2) is 0 Å². The average Bonchev–Trinajstić information content (AvgIpc) is 2.42. The second kappa shape index (κ2) is 6.38. The number of likely N-dealkylation sites (tertiary alicyclic amines) is 1. The Bertz CT molecular complexity index is 400. The molecule has 0 radical (unpaired) electrons. The van der Waals surface area contributed by atoms with Gasteiger partial charge in [0.15, 0.2) is 0 Å². The van der Waals surface area contributed by atoms with Gasteiger partial charge in [-0.1, -0.05) is 0 Å². The fourth-order valence-corrected chi connectivity index (χ4v) is 2.28. The van der Waals surface area contributed by atoms with Gasteiger partial charge >= 0.3 is 0 Å². The maximum atomic E-state index is 11.9. The first-order valence-corrected chi connectivity index (χ1v) is 6.69. The number of nitrogens with zero attached hydrogens (tertiary/aromatic N) is 2. The quantitative estimate of drug-likeness (QED) is 0.887. The van der Waals surface area contributed by atoms with Crippen LogP contribution < -0.4 is 5.32 Å². The number of amides is 1. The SMILES string of the molecule is Cc1cnccc1NCCC(=O)N1CCCCC1. The Hall–Kier alpha value is -1.58. The van der Waals surface area contributed by atoms with E-state index in [0.717, 1.165) is 37.2 Å². The minimum atomic E-state index is 0.272. The number of carbonyl (C=O) groups is 1. The molecule has 4 heteroatoms. The summed E-state index contributed by atoms with van der Waals surface area (Å²) in [6, 6.07) is 1.95. The fourth-order valence-electron chi connectivity index (χ4n) is 2.28. The lowest BCUT2D eigenvalue weighted by Crippen LogP contribution is -2.36. The van der Waals surface area contributed by atoms with Crippen molar-refractivity contribution in [1.29, 1.82) is 0 Å². The number of aromatic nitrogens is 1. The van der Waals surface area contributed by atoms with Crippen molar-refractivity contribution in [1.82, 2.24) is 9.88 Å². The molecule has 1 N–H and O–H groups in total. The largest absolute Gasteiger partial charge is 0.384 e. The van der Waals surface area contributed by atoms with Crippen molar-refractivity contribution in [2.75, 3.05) is 25.0 Å². The molecule has 4 nitrogen and oxygen atoms in total. The molecular weight excluding hydrogens is 226 g/mol. The van der Waals surface area contributed by atoms with Gasteiger partial charge in [0.1, 0.15) is 0 Å². The lowest BCUT2D eigenvalue weighted by molar-refractivity contribution is -0.131. The van der Waals surface area contributed by atoms with Crippen LogP contribution in [0.4, 0.5) is 5.69 Å². The van der Waals surface area contributed by atoms with Crippen LogP contribution >= 0.6 is 0 Å². The van der Waals surface area contributed by atoms with Gasteiger partial charge in [0.05, 0.1) is 0 Å². The van der Waals surface area contributed by atoms with Gasteiger partial charge in [-0.2, -0.15) is 0 Å². The Balaban J connectivity index is 1.75. The molecule has 1 amide bonds. The summed E-state index contributed by atoms with van der Waals surface area (Å²) in [7, 11) is 0. The van der Waals surface area contributed by atoms with Crippen molar-refractivity contribution in [2.24, 2.45) is 0 Å². The highest BCUT2D eigenvalue weighted by atomic mass is 16.2. The fraction of sp³-hybridized carbons (Fsp3) is 0.571. The maximum Gasteiger partial charge on any atom is 0.224 e. The minimum absolute atomic E-state index is 0.272. The summed E-state index contributed by atoms with van der Waals surface area (Å²) in [6.07, 6.45) is 7.74. The molecule has 1 aromatic rings. The molecule has 1 aliphatic rings. The molecule has 0 saturated carbocycles. The van der Waals surface area contributed by atoms with E-state index in [4.69, 9.17) is 0 Å². The van der Waals surface area contributed by atoms with E-state index in [-0.39, 0.29) is 5.91 Å². The van der Waals surface area contributed by atoms with Crippen molar-refractivity contribution in [3.05, 3.63) is 24.0 Å².